The molecule has 112 valence electrons. The molecule has 0 radical (unpaired) electrons. The molecule has 1 fully saturated rings. The summed E-state index contributed by atoms with van der Waals surface area (Å²) >= 11 is 0. The van der Waals surface area contributed by atoms with Crippen LogP contribution >= 0.6 is 0 Å². The topological polar surface area (TPSA) is 26.3 Å². The second-order valence-corrected chi connectivity index (χ2v) is 5.73. The minimum Gasteiger partial charge on any atom is -0.447 e. The lowest BCUT2D eigenvalue weighted by molar-refractivity contribution is -0.193. The number of cyclic esters (lactones) is 1. The molecular formula is C21H16O2. The van der Waals surface area contributed by atoms with Gasteiger partial charge in [-0.2, -0.15) is 0 Å². The summed E-state index contributed by atoms with van der Waals surface area (Å²) in [6.45, 7) is 0. The third kappa shape index (κ3) is 2.07. The van der Waals surface area contributed by atoms with Crippen molar-refractivity contribution in [2.45, 2.75) is 11.5 Å². The van der Waals surface area contributed by atoms with E-state index in [4.69, 9.17) is 4.74 Å². The molecule has 0 N–H and O–H groups in total. The zero-order valence-electron chi connectivity index (χ0n) is 12.6. The molecule has 23 heavy (non-hydrogen) atoms. The molecule has 3 aromatic rings. The summed E-state index contributed by atoms with van der Waals surface area (Å²) < 4.78 is 5.83. The first-order chi connectivity index (χ1) is 11.3. The number of ether oxygens (including phenoxy) is 1. The maximum Gasteiger partial charge on any atom is 0.319 e. The monoisotopic (exact) mass is 300 g/mol. The average Bonchev–Trinajstić information content (AvgIpc) is 2.62. The Morgan fingerprint density at radius 3 is 1.52 bits per heavy atom. The lowest BCUT2D eigenvalue weighted by Gasteiger charge is -2.48. The van der Waals surface area contributed by atoms with Crippen molar-refractivity contribution in [1.29, 1.82) is 0 Å². The van der Waals surface area contributed by atoms with Crippen LogP contribution in [-0.2, 0) is 15.1 Å². The van der Waals surface area contributed by atoms with Crippen LogP contribution in [0.1, 0.15) is 22.6 Å². The van der Waals surface area contributed by atoms with Crippen molar-refractivity contribution >= 4 is 5.97 Å². The highest BCUT2D eigenvalue weighted by atomic mass is 16.6. The van der Waals surface area contributed by atoms with Crippen molar-refractivity contribution in [2.24, 2.45) is 0 Å². The fraction of sp³-hybridized carbons (Fsp3) is 0.0952. The molecule has 1 aliphatic rings. The Balaban J connectivity index is 1.93. The first kappa shape index (κ1) is 13.8. The Labute approximate surface area is 135 Å². The Morgan fingerprint density at radius 2 is 1.09 bits per heavy atom. The average molecular weight is 300 g/mol. The molecule has 1 heterocycles. The molecule has 2 heteroatoms. The fourth-order valence-electron chi connectivity index (χ4n) is 3.39. The molecule has 3 aromatic carbocycles. The third-order valence-electron chi connectivity index (χ3n) is 4.44. The van der Waals surface area contributed by atoms with E-state index in [0.717, 1.165) is 16.7 Å². The van der Waals surface area contributed by atoms with Gasteiger partial charge in [-0.05, 0) is 5.56 Å². The Bertz CT molecular complexity index is 771. The van der Waals surface area contributed by atoms with Crippen molar-refractivity contribution in [3.05, 3.63) is 108 Å². The van der Waals surface area contributed by atoms with Crippen molar-refractivity contribution in [1.82, 2.24) is 0 Å². The molecule has 0 saturated carbocycles. The van der Waals surface area contributed by atoms with Crippen LogP contribution in [0.5, 0.6) is 0 Å². The number of hydrogen-bond donors (Lipinski definition) is 0. The number of hydrogen-bond acceptors (Lipinski definition) is 2. The van der Waals surface area contributed by atoms with Gasteiger partial charge in [0.1, 0.15) is 5.92 Å². The highest BCUT2D eigenvalue weighted by Crippen LogP contribution is 2.53. The molecule has 1 unspecified atom stereocenters. The number of benzene rings is 3. The van der Waals surface area contributed by atoms with Crippen molar-refractivity contribution < 1.29 is 9.53 Å². The van der Waals surface area contributed by atoms with Crippen LogP contribution in [0.3, 0.4) is 0 Å². The summed E-state index contributed by atoms with van der Waals surface area (Å²) in [5.41, 5.74) is 2.23. The molecule has 0 aliphatic carbocycles. The summed E-state index contributed by atoms with van der Waals surface area (Å²) in [5, 5.41) is 0. The number of carbonyl (C=O) groups is 1. The zero-order valence-corrected chi connectivity index (χ0v) is 12.6. The van der Waals surface area contributed by atoms with E-state index in [1.165, 1.54) is 0 Å². The van der Waals surface area contributed by atoms with E-state index in [1.54, 1.807) is 0 Å². The normalized spacial score (nSPS) is 18.8. The molecule has 4 rings (SSSR count). The number of esters is 1. The first-order valence-corrected chi connectivity index (χ1v) is 7.71. The first-order valence-electron chi connectivity index (χ1n) is 7.71. The number of carbonyl (C=O) groups excluding carboxylic acids is 1. The van der Waals surface area contributed by atoms with E-state index in [9.17, 15) is 4.79 Å². The van der Waals surface area contributed by atoms with Gasteiger partial charge in [0, 0.05) is 11.1 Å². The second kappa shape index (κ2) is 5.40. The summed E-state index contributed by atoms with van der Waals surface area (Å²) in [5.74, 6) is -0.502. The predicted octanol–water partition coefficient (Wildman–Crippen LogP) is 4.27. The minimum absolute atomic E-state index is 0.177. The van der Waals surface area contributed by atoms with E-state index in [1.807, 2.05) is 91.0 Å². The molecule has 1 aliphatic heterocycles. The van der Waals surface area contributed by atoms with Crippen molar-refractivity contribution in [2.75, 3.05) is 0 Å². The van der Waals surface area contributed by atoms with E-state index in [0.29, 0.717) is 0 Å². The molecule has 2 nitrogen and oxygen atoms in total. The third-order valence-corrected chi connectivity index (χ3v) is 4.44. The van der Waals surface area contributed by atoms with Gasteiger partial charge in [-0.1, -0.05) is 91.0 Å². The van der Waals surface area contributed by atoms with Gasteiger partial charge in [0.25, 0.3) is 0 Å². The van der Waals surface area contributed by atoms with Gasteiger partial charge < -0.3 is 4.74 Å². The van der Waals surface area contributed by atoms with Gasteiger partial charge in [-0.15, -0.1) is 0 Å². The van der Waals surface area contributed by atoms with Gasteiger partial charge in [-0.3, -0.25) is 4.79 Å². The molecule has 1 atom stereocenters. The molecule has 0 aromatic heterocycles. The lowest BCUT2D eigenvalue weighted by Crippen LogP contribution is -2.53. The van der Waals surface area contributed by atoms with E-state index in [2.05, 4.69) is 0 Å². The van der Waals surface area contributed by atoms with Crippen molar-refractivity contribution in [3.63, 3.8) is 0 Å². The highest BCUT2D eigenvalue weighted by Gasteiger charge is 2.59. The van der Waals surface area contributed by atoms with Gasteiger partial charge in [0.2, 0.25) is 0 Å². The highest BCUT2D eigenvalue weighted by molar-refractivity contribution is 5.88. The standard InChI is InChI=1S/C21H16O2/c22-20-19(16-10-4-1-5-11-16)21(23-20,17-12-6-2-7-13-17)18-14-8-3-9-15-18/h1-15,19H. The lowest BCUT2D eigenvalue weighted by atomic mass is 9.69. The Hall–Kier alpha value is -2.87. The molecular weight excluding hydrogens is 284 g/mol. The molecule has 0 spiro atoms. The van der Waals surface area contributed by atoms with Crippen LogP contribution in [0, 0.1) is 0 Å². The maximum absolute atomic E-state index is 12.4. The van der Waals surface area contributed by atoms with Gasteiger partial charge in [-0.25, -0.2) is 0 Å². The van der Waals surface area contributed by atoms with Gasteiger partial charge in [0.15, 0.2) is 5.60 Å². The van der Waals surface area contributed by atoms with E-state index in [-0.39, 0.29) is 11.9 Å². The van der Waals surface area contributed by atoms with Crippen LogP contribution < -0.4 is 0 Å². The zero-order chi connectivity index (χ0) is 15.7. The smallest absolute Gasteiger partial charge is 0.319 e. The number of rotatable bonds is 3. The summed E-state index contributed by atoms with van der Waals surface area (Å²) in [4.78, 5) is 12.4. The molecule has 0 amide bonds. The van der Waals surface area contributed by atoms with Crippen LogP contribution in [0.25, 0.3) is 0 Å². The second-order valence-electron chi connectivity index (χ2n) is 5.73. The van der Waals surface area contributed by atoms with Gasteiger partial charge >= 0.3 is 5.97 Å². The van der Waals surface area contributed by atoms with Crippen LogP contribution in [0.4, 0.5) is 0 Å². The van der Waals surface area contributed by atoms with Crippen LogP contribution in [0.2, 0.25) is 0 Å². The molecule has 1 saturated heterocycles. The summed E-state index contributed by atoms with van der Waals surface area (Å²) in [6.07, 6.45) is 0. The summed E-state index contributed by atoms with van der Waals surface area (Å²) in [6, 6.07) is 29.8. The quantitative estimate of drug-likeness (QED) is 0.675. The maximum atomic E-state index is 12.4. The summed E-state index contributed by atoms with van der Waals surface area (Å²) in [7, 11) is 0. The SMILES string of the molecule is O=C1OC(c2ccccc2)(c2ccccc2)C1c1ccccc1. The largest absolute Gasteiger partial charge is 0.447 e. The fourth-order valence-corrected chi connectivity index (χ4v) is 3.39. The van der Waals surface area contributed by atoms with Crippen LogP contribution in [0.15, 0.2) is 91.0 Å². The van der Waals surface area contributed by atoms with E-state index < -0.39 is 5.60 Å². The minimum atomic E-state index is -0.749. The molecule has 0 bridgehead atoms. The Morgan fingerprint density at radius 1 is 0.652 bits per heavy atom. The van der Waals surface area contributed by atoms with Crippen LogP contribution in [-0.4, -0.2) is 5.97 Å². The predicted molar refractivity (Wildman–Crippen MR) is 88.9 cm³/mol. The van der Waals surface area contributed by atoms with E-state index >= 15 is 0 Å². The van der Waals surface area contributed by atoms with Gasteiger partial charge in [0.05, 0.1) is 0 Å². The Kier molecular flexibility index (Phi) is 3.23. The van der Waals surface area contributed by atoms with Crippen molar-refractivity contribution in [3.8, 4) is 0 Å².